The van der Waals surface area contributed by atoms with Crippen LogP contribution in [0.3, 0.4) is 0 Å². The molecule has 5 heteroatoms. The van der Waals surface area contributed by atoms with Crippen molar-refractivity contribution in [2.75, 3.05) is 17.2 Å². The lowest BCUT2D eigenvalue weighted by Gasteiger charge is -2.44. The van der Waals surface area contributed by atoms with Gasteiger partial charge in [0.15, 0.2) is 0 Å². The Morgan fingerprint density at radius 1 is 1.00 bits per heavy atom. The second-order valence-electron chi connectivity index (χ2n) is 5.84. The fourth-order valence-corrected chi connectivity index (χ4v) is 3.47. The first kappa shape index (κ1) is 13.8. The van der Waals surface area contributed by atoms with E-state index in [1.54, 1.807) is 11.0 Å². The number of nitrogens with zero attached hydrogens (tertiary/aromatic N) is 1. The lowest BCUT2D eigenvalue weighted by Crippen LogP contribution is -2.61. The number of carbonyl (C=O) groups is 2. The molecule has 2 N–H and O–H groups in total. The Hall–Kier alpha value is -2.82. The van der Waals surface area contributed by atoms with Crippen LogP contribution < -0.4 is 10.6 Å². The molecule has 0 radical (unpaired) electrons. The van der Waals surface area contributed by atoms with Crippen LogP contribution in [0.25, 0.3) is 0 Å². The molecule has 2 heterocycles. The van der Waals surface area contributed by atoms with Crippen molar-refractivity contribution in [2.24, 2.45) is 0 Å². The number of rotatable bonds is 2. The highest BCUT2D eigenvalue weighted by Crippen LogP contribution is 2.45. The van der Waals surface area contributed by atoms with Crippen LogP contribution in [0.15, 0.2) is 48.5 Å². The maximum Gasteiger partial charge on any atom is 0.276 e. The molecule has 23 heavy (non-hydrogen) atoms. The number of nitrogens with one attached hydrogen (secondary N) is 2. The molecule has 1 unspecified atom stereocenters. The smallest absolute Gasteiger partial charge is 0.276 e. The van der Waals surface area contributed by atoms with Crippen LogP contribution >= 0.6 is 0 Å². The molecule has 0 bridgehead atoms. The average Bonchev–Trinajstić information content (AvgIpc) is 2.84. The molecule has 2 aliphatic rings. The number of hydrogen-bond acceptors (Lipinski definition) is 3. The van der Waals surface area contributed by atoms with Gasteiger partial charge in [-0.1, -0.05) is 37.3 Å². The molecule has 0 saturated carbocycles. The lowest BCUT2D eigenvalue weighted by atomic mass is 9.93. The molecule has 0 aliphatic carbocycles. The molecule has 0 aromatic heterocycles. The van der Waals surface area contributed by atoms with Crippen LogP contribution in [-0.4, -0.2) is 23.3 Å². The van der Waals surface area contributed by atoms with Gasteiger partial charge < -0.3 is 15.5 Å². The van der Waals surface area contributed by atoms with Crippen molar-refractivity contribution in [1.29, 1.82) is 0 Å². The quantitative estimate of drug-likeness (QED) is 0.897. The van der Waals surface area contributed by atoms with Crippen LogP contribution in [-0.2, 0) is 10.5 Å². The Labute approximate surface area is 134 Å². The molecule has 2 aliphatic heterocycles. The minimum Gasteiger partial charge on any atom is -0.350 e. The average molecular weight is 307 g/mol. The van der Waals surface area contributed by atoms with Gasteiger partial charge >= 0.3 is 0 Å². The Kier molecular flexibility index (Phi) is 2.91. The number of hydrogen-bond donors (Lipinski definition) is 2. The van der Waals surface area contributed by atoms with Gasteiger partial charge in [0, 0.05) is 23.5 Å². The van der Waals surface area contributed by atoms with Crippen molar-refractivity contribution in [3.63, 3.8) is 0 Å². The van der Waals surface area contributed by atoms with Gasteiger partial charge in [0.2, 0.25) is 5.66 Å². The Morgan fingerprint density at radius 2 is 1.70 bits per heavy atom. The second-order valence-corrected chi connectivity index (χ2v) is 5.84. The third-order valence-corrected chi connectivity index (χ3v) is 4.46. The van der Waals surface area contributed by atoms with Crippen molar-refractivity contribution in [2.45, 2.75) is 19.0 Å². The summed E-state index contributed by atoms with van der Waals surface area (Å²) >= 11 is 0. The SMILES string of the molecule is CCCN1C(=O)c2ccccc2NC12C(=O)Nc1ccccc12. The third kappa shape index (κ3) is 1.73. The summed E-state index contributed by atoms with van der Waals surface area (Å²) in [5.74, 6) is -0.331. The van der Waals surface area contributed by atoms with Crippen LogP contribution in [0.2, 0.25) is 0 Å². The van der Waals surface area contributed by atoms with E-state index in [0.29, 0.717) is 17.8 Å². The van der Waals surface area contributed by atoms with Crippen LogP contribution in [0, 0.1) is 0 Å². The fraction of sp³-hybridized carbons (Fsp3) is 0.222. The molecule has 2 aromatic carbocycles. The number of benzene rings is 2. The molecule has 1 spiro atoms. The number of para-hydroxylation sites is 2. The normalized spacial score (nSPS) is 21.7. The summed E-state index contributed by atoms with van der Waals surface area (Å²) in [4.78, 5) is 27.6. The highest BCUT2D eigenvalue weighted by molar-refractivity contribution is 6.14. The van der Waals surface area contributed by atoms with Gasteiger partial charge in [-0.2, -0.15) is 0 Å². The van der Waals surface area contributed by atoms with Crippen LogP contribution in [0.4, 0.5) is 11.4 Å². The van der Waals surface area contributed by atoms with E-state index >= 15 is 0 Å². The second kappa shape index (κ2) is 4.84. The first-order chi connectivity index (χ1) is 11.2. The van der Waals surface area contributed by atoms with E-state index in [2.05, 4.69) is 10.6 Å². The Balaban J connectivity index is 1.97. The molecular weight excluding hydrogens is 290 g/mol. The largest absolute Gasteiger partial charge is 0.350 e. The fourth-order valence-electron chi connectivity index (χ4n) is 3.47. The molecule has 116 valence electrons. The van der Waals surface area contributed by atoms with Crippen molar-refractivity contribution in [3.05, 3.63) is 59.7 Å². The third-order valence-electron chi connectivity index (χ3n) is 4.46. The first-order valence-electron chi connectivity index (χ1n) is 7.78. The Morgan fingerprint density at radius 3 is 2.48 bits per heavy atom. The molecule has 4 rings (SSSR count). The molecular formula is C18H17N3O2. The summed E-state index contributed by atoms with van der Waals surface area (Å²) in [6, 6.07) is 14.8. The topological polar surface area (TPSA) is 61.4 Å². The molecule has 0 fully saturated rings. The van der Waals surface area contributed by atoms with Crippen LogP contribution in [0.5, 0.6) is 0 Å². The van der Waals surface area contributed by atoms with Crippen molar-refractivity contribution >= 4 is 23.2 Å². The maximum absolute atomic E-state index is 13.0. The zero-order chi connectivity index (χ0) is 16.0. The lowest BCUT2D eigenvalue weighted by molar-refractivity contribution is -0.125. The molecule has 2 amide bonds. The van der Waals surface area contributed by atoms with Gasteiger partial charge in [-0.15, -0.1) is 0 Å². The van der Waals surface area contributed by atoms with Crippen LogP contribution in [0.1, 0.15) is 29.3 Å². The highest BCUT2D eigenvalue weighted by Gasteiger charge is 2.55. The van der Waals surface area contributed by atoms with E-state index in [0.717, 1.165) is 17.7 Å². The number of fused-ring (bicyclic) bond motifs is 3. The minimum absolute atomic E-state index is 0.118. The summed E-state index contributed by atoms with van der Waals surface area (Å²) in [7, 11) is 0. The van der Waals surface area contributed by atoms with E-state index in [1.165, 1.54) is 0 Å². The van der Waals surface area contributed by atoms with Gasteiger partial charge in [0.05, 0.1) is 5.56 Å². The van der Waals surface area contributed by atoms with Crippen molar-refractivity contribution in [1.82, 2.24) is 4.90 Å². The zero-order valence-corrected chi connectivity index (χ0v) is 12.8. The Bertz CT molecular complexity index is 817. The van der Waals surface area contributed by atoms with Gasteiger partial charge in [-0.3, -0.25) is 9.59 Å². The monoisotopic (exact) mass is 307 g/mol. The highest BCUT2D eigenvalue weighted by atomic mass is 16.2. The number of carbonyl (C=O) groups excluding carboxylic acids is 2. The summed E-state index contributed by atoms with van der Waals surface area (Å²) in [6.45, 7) is 2.50. The van der Waals surface area contributed by atoms with Gasteiger partial charge in [-0.05, 0) is 24.6 Å². The molecule has 5 nitrogen and oxygen atoms in total. The van der Waals surface area contributed by atoms with E-state index in [4.69, 9.17) is 0 Å². The molecule has 1 atom stereocenters. The van der Waals surface area contributed by atoms with Crippen molar-refractivity contribution in [3.8, 4) is 0 Å². The summed E-state index contributed by atoms with van der Waals surface area (Å²) < 4.78 is 0. The predicted octanol–water partition coefficient (Wildman–Crippen LogP) is 2.77. The van der Waals surface area contributed by atoms with Gasteiger partial charge in [0.25, 0.3) is 11.8 Å². The van der Waals surface area contributed by atoms with E-state index in [-0.39, 0.29) is 11.8 Å². The minimum atomic E-state index is -1.17. The van der Waals surface area contributed by atoms with E-state index in [9.17, 15) is 9.59 Å². The zero-order valence-electron chi connectivity index (χ0n) is 12.8. The number of anilines is 2. The van der Waals surface area contributed by atoms with Gasteiger partial charge in [0.1, 0.15) is 0 Å². The summed E-state index contributed by atoms with van der Waals surface area (Å²) in [5, 5.41) is 6.24. The maximum atomic E-state index is 13.0. The summed E-state index contributed by atoms with van der Waals surface area (Å²) in [6.07, 6.45) is 0.771. The first-order valence-corrected chi connectivity index (χ1v) is 7.78. The number of amides is 2. The van der Waals surface area contributed by atoms with Crippen molar-refractivity contribution < 1.29 is 9.59 Å². The van der Waals surface area contributed by atoms with E-state index < -0.39 is 5.66 Å². The summed E-state index contributed by atoms with van der Waals surface area (Å²) in [5.41, 5.74) is 1.66. The standard InChI is InChI=1S/C18H17N3O2/c1-2-11-21-16(22)12-7-3-5-9-14(12)20-18(21)13-8-4-6-10-15(13)19-17(18)23/h3-10,20H,2,11H2,1H3,(H,19,23). The van der Waals surface area contributed by atoms with E-state index in [1.807, 2.05) is 49.4 Å². The molecule has 2 aromatic rings. The van der Waals surface area contributed by atoms with Gasteiger partial charge in [-0.25, -0.2) is 0 Å². The molecule has 0 saturated heterocycles. The predicted molar refractivity (Wildman–Crippen MR) is 88.1 cm³/mol.